The molecule has 0 aliphatic rings. The molecule has 0 unspecified atom stereocenters. The van der Waals surface area contributed by atoms with Crippen molar-refractivity contribution >= 4 is 22.6 Å². The van der Waals surface area contributed by atoms with Crippen molar-refractivity contribution in [2.24, 2.45) is 0 Å². The summed E-state index contributed by atoms with van der Waals surface area (Å²) in [5.74, 6) is 1.86. The molecule has 0 bridgehead atoms. The third kappa shape index (κ3) is 3.31. The van der Waals surface area contributed by atoms with Crippen molar-refractivity contribution in [3.05, 3.63) is 33.8 Å². The van der Waals surface area contributed by atoms with Crippen LogP contribution in [0.5, 0.6) is 0 Å². The number of nitrogens with zero attached hydrogens (tertiary/aromatic N) is 2. The fourth-order valence-electron chi connectivity index (χ4n) is 1.22. The quantitative estimate of drug-likeness (QED) is 0.645. The number of furan rings is 1. The van der Waals surface area contributed by atoms with E-state index in [1.807, 2.05) is 12.1 Å². The summed E-state index contributed by atoms with van der Waals surface area (Å²) in [7, 11) is 0. The van der Waals surface area contributed by atoms with Gasteiger partial charge in [0.1, 0.15) is 17.9 Å². The zero-order chi connectivity index (χ0) is 10.5. The van der Waals surface area contributed by atoms with E-state index in [4.69, 9.17) is 4.42 Å². The third-order valence-electron chi connectivity index (χ3n) is 1.93. The first-order valence-corrected chi connectivity index (χ1v) is 5.71. The van der Waals surface area contributed by atoms with Crippen molar-refractivity contribution in [1.82, 2.24) is 20.5 Å². The molecule has 0 spiro atoms. The molecule has 0 atom stereocenters. The van der Waals surface area contributed by atoms with Crippen LogP contribution in [0.4, 0.5) is 0 Å². The molecule has 15 heavy (non-hydrogen) atoms. The summed E-state index contributed by atoms with van der Waals surface area (Å²) in [5.41, 5.74) is 0. The summed E-state index contributed by atoms with van der Waals surface area (Å²) in [6.45, 7) is 1.60. The van der Waals surface area contributed by atoms with Crippen molar-refractivity contribution in [1.29, 1.82) is 0 Å². The second-order valence-electron chi connectivity index (χ2n) is 3.06. The van der Waals surface area contributed by atoms with Gasteiger partial charge in [-0.25, -0.2) is 4.98 Å². The molecule has 0 fully saturated rings. The van der Waals surface area contributed by atoms with Crippen LogP contribution in [0.1, 0.15) is 11.6 Å². The Morgan fingerprint density at radius 2 is 2.40 bits per heavy atom. The number of halogens is 1. The molecule has 0 aliphatic heterocycles. The molecule has 0 aromatic carbocycles. The Bertz CT molecular complexity index is 398. The molecule has 80 valence electrons. The molecule has 0 amide bonds. The number of aromatic amines is 1. The van der Waals surface area contributed by atoms with Crippen molar-refractivity contribution in [2.45, 2.75) is 13.0 Å². The molecule has 2 N–H and O–H groups in total. The minimum absolute atomic E-state index is 0.747. The second-order valence-corrected chi connectivity index (χ2v) is 4.13. The minimum Gasteiger partial charge on any atom is -0.454 e. The van der Waals surface area contributed by atoms with Crippen LogP contribution in [0.2, 0.25) is 0 Å². The normalized spacial score (nSPS) is 10.7. The number of H-pyrrole nitrogens is 1. The average Bonchev–Trinajstić information content (AvgIpc) is 2.84. The highest BCUT2D eigenvalue weighted by Gasteiger charge is 1.99. The number of aromatic nitrogens is 3. The monoisotopic (exact) mass is 318 g/mol. The molecular weight excluding hydrogens is 307 g/mol. The number of hydrogen-bond donors (Lipinski definition) is 2. The Morgan fingerprint density at radius 1 is 1.47 bits per heavy atom. The standard InChI is InChI=1S/C9H11IN4O/c10-8-2-1-7(15-8)5-11-4-3-9-12-6-13-14-9/h1-2,6,11H,3-5H2,(H,12,13,14). The maximum Gasteiger partial charge on any atom is 0.164 e. The van der Waals surface area contributed by atoms with Crippen molar-refractivity contribution in [3.63, 3.8) is 0 Å². The van der Waals surface area contributed by atoms with Crippen molar-refractivity contribution in [3.8, 4) is 0 Å². The van der Waals surface area contributed by atoms with Gasteiger partial charge >= 0.3 is 0 Å². The van der Waals surface area contributed by atoms with Gasteiger partial charge < -0.3 is 9.73 Å². The molecule has 6 heteroatoms. The van der Waals surface area contributed by atoms with E-state index in [0.29, 0.717) is 0 Å². The van der Waals surface area contributed by atoms with Crippen LogP contribution in [-0.4, -0.2) is 21.7 Å². The number of hydrogen-bond acceptors (Lipinski definition) is 4. The Kier molecular flexibility index (Phi) is 3.73. The maximum absolute atomic E-state index is 5.41. The largest absolute Gasteiger partial charge is 0.454 e. The van der Waals surface area contributed by atoms with Gasteiger partial charge in [-0.3, -0.25) is 5.10 Å². The average molecular weight is 318 g/mol. The Balaban J connectivity index is 1.67. The molecule has 0 saturated carbocycles. The van der Waals surface area contributed by atoms with Crippen LogP contribution in [0.25, 0.3) is 0 Å². The van der Waals surface area contributed by atoms with E-state index in [1.165, 1.54) is 6.33 Å². The second kappa shape index (κ2) is 5.26. The highest BCUT2D eigenvalue weighted by Crippen LogP contribution is 2.09. The van der Waals surface area contributed by atoms with E-state index in [9.17, 15) is 0 Å². The summed E-state index contributed by atoms with van der Waals surface area (Å²) in [6.07, 6.45) is 2.36. The third-order valence-corrected chi connectivity index (χ3v) is 2.51. The molecule has 0 saturated heterocycles. The topological polar surface area (TPSA) is 66.7 Å². The Morgan fingerprint density at radius 3 is 3.07 bits per heavy atom. The van der Waals surface area contributed by atoms with Crippen LogP contribution in [-0.2, 0) is 13.0 Å². The van der Waals surface area contributed by atoms with E-state index in [2.05, 4.69) is 43.1 Å². The lowest BCUT2D eigenvalue weighted by atomic mass is 10.4. The predicted octanol–water partition coefficient (Wildman–Crippen LogP) is 1.33. The fourth-order valence-corrected chi connectivity index (χ4v) is 1.68. The lowest BCUT2D eigenvalue weighted by Crippen LogP contribution is -2.16. The van der Waals surface area contributed by atoms with Crippen LogP contribution in [0.3, 0.4) is 0 Å². The molecular formula is C9H11IN4O. The lowest BCUT2D eigenvalue weighted by molar-refractivity contribution is 0.463. The summed E-state index contributed by atoms with van der Waals surface area (Å²) in [6, 6.07) is 3.93. The van der Waals surface area contributed by atoms with E-state index in [1.54, 1.807) is 0 Å². The summed E-state index contributed by atoms with van der Waals surface area (Å²) < 4.78 is 6.33. The van der Waals surface area contributed by atoms with E-state index >= 15 is 0 Å². The van der Waals surface area contributed by atoms with Gasteiger partial charge in [-0.1, -0.05) is 0 Å². The molecule has 2 aromatic heterocycles. The molecule has 2 rings (SSSR count). The predicted molar refractivity (Wildman–Crippen MR) is 63.2 cm³/mol. The summed E-state index contributed by atoms with van der Waals surface area (Å²) in [4.78, 5) is 4.03. The van der Waals surface area contributed by atoms with E-state index in [-0.39, 0.29) is 0 Å². The van der Waals surface area contributed by atoms with Gasteiger partial charge in [-0.05, 0) is 34.7 Å². The van der Waals surface area contributed by atoms with E-state index < -0.39 is 0 Å². The summed E-state index contributed by atoms with van der Waals surface area (Å²) in [5, 5.41) is 9.86. The van der Waals surface area contributed by atoms with Crippen LogP contribution < -0.4 is 5.32 Å². The van der Waals surface area contributed by atoms with Crippen LogP contribution >= 0.6 is 22.6 Å². The minimum atomic E-state index is 0.747. The van der Waals surface area contributed by atoms with Crippen LogP contribution in [0.15, 0.2) is 22.9 Å². The van der Waals surface area contributed by atoms with Crippen LogP contribution in [0, 0.1) is 3.77 Å². The fraction of sp³-hybridized carbons (Fsp3) is 0.333. The lowest BCUT2D eigenvalue weighted by Gasteiger charge is -1.99. The first-order chi connectivity index (χ1) is 7.34. The highest BCUT2D eigenvalue weighted by molar-refractivity contribution is 14.1. The Hall–Kier alpha value is -0.890. The van der Waals surface area contributed by atoms with Gasteiger partial charge in [-0.2, -0.15) is 5.10 Å². The van der Waals surface area contributed by atoms with Gasteiger partial charge in [0.05, 0.1) is 6.54 Å². The Labute approximate surface area is 101 Å². The van der Waals surface area contributed by atoms with Crippen molar-refractivity contribution < 1.29 is 4.42 Å². The summed E-state index contributed by atoms with van der Waals surface area (Å²) >= 11 is 2.15. The molecule has 0 aliphatic carbocycles. The van der Waals surface area contributed by atoms with Gasteiger partial charge in [-0.15, -0.1) is 0 Å². The SMILES string of the molecule is Ic1ccc(CNCCc2ncn[nH]2)o1. The first-order valence-electron chi connectivity index (χ1n) is 4.64. The molecule has 2 aromatic rings. The number of nitrogens with one attached hydrogen (secondary N) is 2. The molecule has 5 nitrogen and oxygen atoms in total. The van der Waals surface area contributed by atoms with Gasteiger partial charge in [0.15, 0.2) is 3.77 Å². The zero-order valence-corrected chi connectivity index (χ0v) is 10.2. The van der Waals surface area contributed by atoms with Crippen molar-refractivity contribution in [2.75, 3.05) is 6.54 Å². The molecule has 2 heterocycles. The zero-order valence-electron chi connectivity index (χ0n) is 8.03. The maximum atomic E-state index is 5.41. The first kappa shape index (κ1) is 10.6. The van der Waals surface area contributed by atoms with Gasteiger partial charge in [0, 0.05) is 13.0 Å². The number of rotatable bonds is 5. The van der Waals surface area contributed by atoms with E-state index in [0.717, 1.165) is 34.9 Å². The van der Waals surface area contributed by atoms with Gasteiger partial charge in [0.25, 0.3) is 0 Å². The molecule has 0 radical (unpaired) electrons. The highest BCUT2D eigenvalue weighted by atomic mass is 127. The van der Waals surface area contributed by atoms with Gasteiger partial charge in [0.2, 0.25) is 0 Å². The smallest absolute Gasteiger partial charge is 0.164 e.